The summed E-state index contributed by atoms with van der Waals surface area (Å²) in [7, 11) is 0. The molecule has 0 saturated heterocycles. The Morgan fingerprint density at radius 1 is 0.900 bits per heavy atom. The Bertz CT molecular complexity index is 783. The molecule has 20 heavy (non-hydrogen) atoms. The minimum atomic E-state index is -0.368. The molecule has 0 bridgehead atoms. The summed E-state index contributed by atoms with van der Waals surface area (Å²) in [6.45, 7) is 0. The Balaban J connectivity index is 2.03. The number of aldehydes is 1. The Morgan fingerprint density at radius 2 is 1.70 bits per heavy atom. The molecule has 0 spiro atoms. The lowest BCUT2D eigenvalue weighted by Gasteiger charge is -2.07. The van der Waals surface area contributed by atoms with Crippen molar-refractivity contribution in [2.24, 2.45) is 0 Å². The maximum Gasteiger partial charge on any atom is 0.151 e. The van der Waals surface area contributed by atoms with E-state index in [1.54, 1.807) is 12.1 Å². The highest BCUT2D eigenvalue weighted by molar-refractivity contribution is 7.99. The molecule has 0 aliphatic rings. The largest absolute Gasteiger partial charge is 0.298 e. The highest BCUT2D eigenvalue weighted by atomic mass is 32.2. The summed E-state index contributed by atoms with van der Waals surface area (Å²) in [5, 5.41) is 2.24. The Hall–Kier alpha value is -2.13. The fraction of sp³-hybridized carbons (Fsp3) is 0. The third-order valence-corrected chi connectivity index (χ3v) is 4.19. The predicted molar refractivity (Wildman–Crippen MR) is 79.9 cm³/mol. The van der Waals surface area contributed by atoms with Crippen molar-refractivity contribution in [3.8, 4) is 0 Å². The van der Waals surface area contributed by atoms with Crippen LogP contribution in [0.15, 0.2) is 70.5 Å². The van der Waals surface area contributed by atoms with Crippen molar-refractivity contribution in [2.45, 2.75) is 9.79 Å². The molecule has 0 aliphatic carbocycles. The number of benzene rings is 3. The molecule has 0 fully saturated rings. The summed E-state index contributed by atoms with van der Waals surface area (Å²) < 4.78 is 13.9. The molecule has 3 aromatic rings. The van der Waals surface area contributed by atoms with Crippen LogP contribution < -0.4 is 0 Å². The van der Waals surface area contributed by atoms with Gasteiger partial charge in [-0.1, -0.05) is 54.2 Å². The number of hydrogen-bond acceptors (Lipinski definition) is 2. The number of rotatable bonds is 3. The third-order valence-electron chi connectivity index (χ3n) is 3.07. The summed E-state index contributed by atoms with van der Waals surface area (Å²) in [4.78, 5) is 12.3. The van der Waals surface area contributed by atoms with Crippen LogP contribution in [-0.4, -0.2) is 6.29 Å². The van der Waals surface area contributed by atoms with E-state index in [2.05, 4.69) is 0 Å². The van der Waals surface area contributed by atoms with Gasteiger partial charge in [-0.2, -0.15) is 0 Å². The van der Waals surface area contributed by atoms with Crippen molar-refractivity contribution >= 4 is 28.8 Å². The van der Waals surface area contributed by atoms with Crippen LogP contribution in [0.5, 0.6) is 0 Å². The van der Waals surface area contributed by atoms with E-state index in [-0.39, 0.29) is 5.82 Å². The standard InChI is InChI=1S/C17H11FOS/c18-16-7-3-6-14(11-19)17(16)20-15-9-8-12-4-1-2-5-13(12)10-15/h1-11H. The van der Waals surface area contributed by atoms with Crippen molar-refractivity contribution in [1.29, 1.82) is 0 Å². The van der Waals surface area contributed by atoms with Gasteiger partial charge in [0.1, 0.15) is 5.82 Å². The van der Waals surface area contributed by atoms with Gasteiger partial charge in [-0.3, -0.25) is 4.79 Å². The van der Waals surface area contributed by atoms with Crippen LogP contribution in [0.25, 0.3) is 10.8 Å². The van der Waals surface area contributed by atoms with Crippen LogP contribution in [0.4, 0.5) is 4.39 Å². The van der Waals surface area contributed by atoms with E-state index in [0.29, 0.717) is 16.7 Å². The van der Waals surface area contributed by atoms with E-state index in [9.17, 15) is 9.18 Å². The lowest BCUT2D eigenvalue weighted by molar-refractivity contribution is 0.112. The summed E-state index contributed by atoms with van der Waals surface area (Å²) in [6, 6.07) is 18.5. The van der Waals surface area contributed by atoms with Crippen LogP contribution >= 0.6 is 11.8 Å². The molecule has 0 atom stereocenters. The minimum Gasteiger partial charge on any atom is -0.298 e. The van der Waals surface area contributed by atoms with Gasteiger partial charge < -0.3 is 0 Å². The molecule has 1 nitrogen and oxygen atoms in total. The Labute approximate surface area is 120 Å². The second-order valence-corrected chi connectivity index (χ2v) is 5.47. The topological polar surface area (TPSA) is 17.1 Å². The number of carbonyl (C=O) groups is 1. The zero-order valence-electron chi connectivity index (χ0n) is 10.5. The van der Waals surface area contributed by atoms with Gasteiger partial charge in [0, 0.05) is 10.5 Å². The Kier molecular flexibility index (Phi) is 3.52. The fourth-order valence-electron chi connectivity index (χ4n) is 2.07. The Morgan fingerprint density at radius 3 is 2.50 bits per heavy atom. The predicted octanol–water partition coefficient (Wildman–Crippen LogP) is 4.94. The fourth-order valence-corrected chi connectivity index (χ4v) is 3.03. The van der Waals surface area contributed by atoms with Gasteiger partial charge in [-0.05, 0) is 29.0 Å². The van der Waals surface area contributed by atoms with Gasteiger partial charge in [0.25, 0.3) is 0 Å². The molecule has 0 N–H and O–H groups in total. The van der Waals surface area contributed by atoms with Crippen molar-refractivity contribution in [1.82, 2.24) is 0 Å². The first-order chi connectivity index (χ1) is 9.78. The number of hydrogen-bond donors (Lipinski definition) is 0. The van der Waals surface area contributed by atoms with E-state index in [1.165, 1.54) is 17.8 Å². The van der Waals surface area contributed by atoms with Crippen LogP contribution in [0.1, 0.15) is 10.4 Å². The molecule has 0 amide bonds. The van der Waals surface area contributed by atoms with Crippen LogP contribution in [0.2, 0.25) is 0 Å². The van der Waals surface area contributed by atoms with Gasteiger partial charge >= 0.3 is 0 Å². The van der Waals surface area contributed by atoms with Gasteiger partial charge in [0.05, 0.1) is 4.90 Å². The smallest absolute Gasteiger partial charge is 0.151 e. The van der Waals surface area contributed by atoms with Crippen LogP contribution in [-0.2, 0) is 0 Å². The molecule has 98 valence electrons. The third kappa shape index (κ3) is 2.45. The summed E-state index contributed by atoms with van der Waals surface area (Å²) >= 11 is 1.27. The molecule has 0 aliphatic heterocycles. The second kappa shape index (κ2) is 5.47. The first-order valence-corrected chi connectivity index (χ1v) is 7.00. The SMILES string of the molecule is O=Cc1cccc(F)c1Sc1ccc2ccccc2c1. The van der Waals surface area contributed by atoms with E-state index in [1.807, 2.05) is 42.5 Å². The van der Waals surface area contributed by atoms with Crippen LogP contribution in [0, 0.1) is 5.82 Å². The zero-order valence-corrected chi connectivity index (χ0v) is 11.4. The normalized spacial score (nSPS) is 10.7. The number of fused-ring (bicyclic) bond motifs is 1. The molecular weight excluding hydrogens is 271 g/mol. The molecule has 0 heterocycles. The van der Waals surface area contributed by atoms with E-state index in [0.717, 1.165) is 15.7 Å². The highest BCUT2D eigenvalue weighted by Crippen LogP contribution is 2.33. The molecule has 3 aromatic carbocycles. The summed E-state index contributed by atoms with van der Waals surface area (Å²) in [5.74, 6) is -0.368. The van der Waals surface area contributed by atoms with Crippen LogP contribution in [0.3, 0.4) is 0 Å². The average Bonchev–Trinajstić information content (AvgIpc) is 2.49. The molecular formula is C17H11FOS. The first kappa shape index (κ1) is 12.9. The monoisotopic (exact) mass is 282 g/mol. The first-order valence-electron chi connectivity index (χ1n) is 6.18. The van der Waals surface area contributed by atoms with E-state index in [4.69, 9.17) is 0 Å². The van der Waals surface area contributed by atoms with Gasteiger partial charge in [-0.15, -0.1) is 0 Å². The van der Waals surface area contributed by atoms with Gasteiger partial charge in [0.15, 0.2) is 6.29 Å². The van der Waals surface area contributed by atoms with E-state index < -0.39 is 0 Å². The lowest BCUT2D eigenvalue weighted by Crippen LogP contribution is -1.89. The van der Waals surface area contributed by atoms with Crippen molar-refractivity contribution in [3.63, 3.8) is 0 Å². The van der Waals surface area contributed by atoms with Gasteiger partial charge in [-0.25, -0.2) is 4.39 Å². The maximum atomic E-state index is 13.9. The second-order valence-electron chi connectivity index (χ2n) is 4.39. The summed E-state index contributed by atoms with van der Waals surface area (Å²) in [5.41, 5.74) is 0.378. The molecule has 0 aromatic heterocycles. The molecule has 3 rings (SSSR count). The quantitative estimate of drug-likeness (QED) is 0.633. The van der Waals surface area contributed by atoms with E-state index >= 15 is 0 Å². The molecule has 3 heteroatoms. The van der Waals surface area contributed by atoms with Crippen molar-refractivity contribution < 1.29 is 9.18 Å². The zero-order chi connectivity index (χ0) is 13.9. The van der Waals surface area contributed by atoms with Gasteiger partial charge in [0.2, 0.25) is 0 Å². The average molecular weight is 282 g/mol. The molecule has 0 unspecified atom stereocenters. The minimum absolute atomic E-state index is 0.368. The lowest BCUT2D eigenvalue weighted by atomic mass is 10.1. The van der Waals surface area contributed by atoms with Crippen molar-refractivity contribution in [3.05, 3.63) is 72.0 Å². The molecule has 0 saturated carbocycles. The van der Waals surface area contributed by atoms with Crippen molar-refractivity contribution in [2.75, 3.05) is 0 Å². The number of carbonyl (C=O) groups excluding carboxylic acids is 1. The summed E-state index contributed by atoms with van der Waals surface area (Å²) in [6.07, 6.45) is 0.687. The molecule has 0 radical (unpaired) electrons. The number of halogens is 1. The maximum absolute atomic E-state index is 13.9. The highest BCUT2D eigenvalue weighted by Gasteiger charge is 2.09.